The first-order chi connectivity index (χ1) is 13.8. The third kappa shape index (κ3) is 2.96. The van der Waals surface area contributed by atoms with Crippen LogP contribution in [-0.2, 0) is 9.63 Å². The second-order valence-corrected chi connectivity index (χ2v) is 11.3. The van der Waals surface area contributed by atoms with Crippen LogP contribution in [0.1, 0.15) is 84.5 Å². The van der Waals surface area contributed by atoms with Gasteiger partial charge in [0.1, 0.15) is 11.9 Å². The van der Waals surface area contributed by atoms with Gasteiger partial charge in [-0.05, 0) is 93.3 Å². The van der Waals surface area contributed by atoms with Gasteiger partial charge in [-0.1, -0.05) is 31.2 Å². The second-order valence-electron chi connectivity index (χ2n) is 11.3. The summed E-state index contributed by atoms with van der Waals surface area (Å²) in [5, 5.41) is 4.60. The summed E-state index contributed by atoms with van der Waals surface area (Å²) >= 11 is 0. The lowest BCUT2D eigenvalue weighted by atomic mass is 9.44. The maximum Gasteiger partial charge on any atom is 0.142 e. The number of nitrogens with two attached hydrogens (primary N) is 1. The highest BCUT2D eigenvalue weighted by Crippen LogP contribution is 2.66. The summed E-state index contributed by atoms with van der Waals surface area (Å²) in [6.07, 6.45) is 11.9. The molecule has 4 nitrogen and oxygen atoms in total. The molecule has 0 saturated heterocycles. The molecule has 5 rings (SSSR count). The molecule has 5 fully saturated rings. The number of hydrogen-bond acceptors (Lipinski definition) is 4. The zero-order chi connectivity index (χ0) is 20.4. The number of carbonyl (C=O) groups is 1. The molecule has 2 N–H and O–H groups in total. The fraction of sp³-hybridized carbons (Fsp3) is 0.840. The lowest BCUT2D eigenvalue weighted by Gasteiger charge is -2.60. The maximum absolute atomic E-state index is 12.7. The van der Waals surface area contributed by atoms with Crippen LogP contribution < -0.4 is 5.73 Å². The highest BCUT2D eigenvalue weighted by molar-refractivity contribution is 5.87. The number of nitrogens with zero attached hydrogens (tertiary/aromatic N) is 1. The van der Waals surface area contributed by atoms with E-state index in [-0.39, 0.29) is 17.6 Å². The average molecular weight is 399 g/mol. The van der Waals surface area contributed by atoms with E-state index >= 15 is 0 Å². The molecule has 2 unspecified atom stereocenters. The van der Waals surface area contributed by atoms with Crippen LogP contribution in [0.3, 0.4) is 0 Å². The van der Waals surface area contributed by atoms with Crippen LogP contribution in [0.25, 0.3) is 0 Å². The summed E-state index contributed by atoms with van der Waals surface area (Å²) in [6.45, 7) is 9.37. The molecule has 0 aromatic carbocycles. The van der Waals surface area contributed by atoms with Crippen molar-refractivity contribution >= 4 is 11.5 Å². The van der Waals surface area contributed by atoms with E-state index in [1.807, 2.05) is 0 Å². The van der Waals surface area contributed by atoms with E-state index in [0.717, 1.165) is 57.8 Å². The van der Waals surface area contributed by atoms with Crippen LogP contribution in [-0.4, -0.2) is 23.6 Å². The summed E-state index contributed by atoms with van der Waals surface area (Å²) in [6, 6.07) is 0.147. The minimum Gasteiger partial charge on any atom is -0.391 e. The monoisotopic (exact) mass is 398 g/mol. The van der Waals surface area contributed by atoms with E-state index in [1.54, 1.807) is 0 Å². The normalized spacial score (nSPS) is 50.9. The number of fused-ring (bicyclic) bond motifs is 5. The number of carbonyl (C=O) groups excluding carboxylic acids is 1. The molecule has 5 saturated carbocycles. The van der Waals surface area contributed by atoms with Gasteiger partial charge in [-0.25, -0.2) is 0 Å². The predicted molar refractivity (Wildman–Crippen MR) is 115 cm³/mol. The van der Waals surface area contributed by atoms with E-state index in [2.05, 4.69) is 25.6 Å². The van der Waals surface area contributed by atoms with Crippen molar-refractivity contribution in [2.75, 3.05) is 0 Å². The summed E-state index contributed by atoms with van der Waals surface area (Å²) in [5.41, 5.74) is 9.06. The van der Waals surface area contributed by atoms with Crippen LogP contribution in [0.5, 0.6) is 0 Å². The fourth-order valence-electron chi connectivity index (χ4n) is 8.02. The van der Waals surface area contributed by atoms with Gasteiger partial charge in [-0.2, -0.15) is 0 Å². The van der Waals surface area contributed by atoms with Crippen molar-refractivity contribution in [1.82, 2.24) is 0 Å². The summed E-state index contributed by atoms with van der Waals surface area (Å²) in [5.74, 6) is 2.89. The van der Waals surface area contributed by atoms with Crippen molar-refractivity contribution in [2.45, 2.75) is 96.6 Å². The standard InChI is InChI=1S/C25H38N2O2/c1-15-13-16-14-17(27-29-21-6-4-5-20(21)26)9-11-24(16,2)19-10-12-25(3)18(23(15)19)7-8-22(25)28/h16,18-21,23H,1,4-14,26H2,2-3H3/t16-,18-,19-,20?,21?,23-,24-,25-/m0/s1. The summed E-state index contributed by atoms with van der Waals surface area (Å²) in [7, 11) is 0. The average Bonchev–Trinajstić information content (AvgIpc) is 3.24. The maximum atomic E-state index is 12.7. The molecule has 0 aromatic heterocycles. The molecular weight excluding hydrogens is 360 g/mol. The van der Waals surface area contributed by atoms with Crippen LogP contribution in [0.15, 0.2) is 17.3 Å². The molecule has 29 heavy (non-hydrogen) atoms. The van der Waals surface area contributed by atoms with Crippen LogP contribution in [0, 0.1) is 34.5 Å². The molecule has 0 aliphatic heterocycles. The van der Waals surface area contributed by atoms with Gasteiger partial charge in [0.25, 0.3) is 0 Å². The van der Waals surface area contributed by atoms with Gasteiger partial charge in [0.2, 0.25) is 0 Å². The SMILES string of the molecule is C=C1C[C@H]2CC(=NOC3CCCC3N)CC[C@]2(C)[C@H]2CC[C@]3(C)C(=O)CC[C@H]3[C@H]12. The Bertz CT molecular complexity index is 745. The number of Topliss-reactive ketones (excluding diaryl/α,β-unsaturated/α-hetero) is 1. The van der Waals surface area contributed by atoms with Crippen molar-refractivity contribution in [3.63, 3.8) is 0 Å². The second kappa shape index (κ2) is 6.93. The van der Waals surface area contributed by atoms with Gasteiger partial charge in [0, 0.05) is 17.9 Å². The number of hydrogen-bond donors (Lipinski definition) is 1. The van der Waals surface area contributed by atoms with Gasteiger partial charge >= 0.3 is 0 Å². The minimum atomic E-state index is -0.0809. The molecule has 5 aliphatic rings. The van der Waals surface area contributed by atoms with Gasteiger partial charge < -0.3 is 10.6 Å². The van der Waals surface area contributed by atoms with E-state index in [0.29, 0.717) is 34.9 Å². The van der Waals surface area contributed by atoms with Crippen molar-refractivity contribution in [3.8, 4) is 0 Å². The predicted octanol–water partition coefficient (Wildman–Crippen LogP) is 5.02. The highest BCUT2D eigenvalue weighted by atomic mass is 16.6. The van der Waals surface area contributed by atoms with Crippen molar-refractivity contribution in [3.05, 3.63) is 12.2 Å². The minimum absolute atomic E-state index is 0.0809. The molecular formula is C25H38N2O2. The van der Waals surface area contributed by atoms with E-state index < -0.39 is 0 Å². The molecule has 5 aliphatic carbocycles. The lowest BCUT2D eigenvalue weighted by molar-refractivity contribution is -0.133. The Hall–Kier alpha value is -1.16. The Kier molecular flexibility index (Phi) is 4.73. The van der Waals surface area contributed by atoms with Crippen molar-refractivity contribution in [2.24, 2.45) is 45.4 Å². The van der Waals surface area contributed by atoms with Crippen LogP contribution in [0.2, 0.25) is 0 Å². The third-order valence-electron chi connectivity index (χ3n) is 9.99. The first-order valence-corrected chi connectivity index (χ1v) is 12.0. The van der Waals surface area contributed by atoms with Crippen LogP contribution in [0.4, 0.5) is 0 Å². The van der Waals surface area contributed by atoms with Gasteiger partial charge in [0.15, 0.2) is 0 Å². The number of ketones is 1. The molecule has 160 valence electrons. The Morgan fingerprint density at radius 3 is 2.66 bits per heavy atom. The van der Waals surface area contributed by atoms with E-state index in [9.17, 15) is 4.79 Å². The van der Waals surface area contributed by atoms with Gasteiger partial charge in [0.05, 0.1) is 5.71 Å². The molecule has 0 heterocycles. The number of rotatable bonds is 2. The van der Waals surface area contributed by atoms with E-state index in [1.165, 1.54) is 24.1 Å². The molecule has 0 aromatic rings. The molecule has 8 atom stereocenters. The quantitative estimate of drug-likeness (QED) is 0.525. The molecule has 0 radical (unpaired) electrons. The first-order valence-electron chi connectivity index (χ1n) is 12.0. The summed E-state index contributed by atoms with van der Waals surface area (Å²) in [4.78, 5) is 18.5. The third-order valence-corrected chi connectivity index (χ3v) is 9.99. The molecule has 0 amide bonds. The lowest BCUT2D eigenvalue weighted by Crippen LogP contribution is -2.54. The van der Waals surface area contributed by atoms with Crippen LogP contribution >= 0.6 is 0 Å². The number of oxime groups is 1. The van der Waals surface area contributed by atoms with Gasteiger partial charge in [-0.15, -0.1) is 0 Å². The van der Waals surface area contributed by atoms with Crippen molar-refractivity contribution < 1.29 is 9.63 Å². The molecule has 0 spiro atoms. The number of allylic oxidation sites excluding steroid dienone is 1. The molecule has 4 heteroatoms. The first kappa shape index (κ1) is 19.8. The largest absolute Gasteiger partial charge is 0.391 e. The topological polar surface area (TPSA) is 64.7 Å². The Labute approximate surface area is 175 Å². The Morgan fingerprint density at radius 2 is 1.90 bits per heavy atom. The smallest absolute Gasteiger partial charge is 0.142 e. The van der Waals surface area contributed by atoms with E-state index in [4.69, 9.17) is 10.6 Å². The van der Waals surface area contributed by atoms with Crippen molar-refractivity contribution in [1.29, 1.82) is 0 Å². The Morgan fingerprint density at radius 1 is 1.07 bits per heavy atom. The zero-order valence-corrected chi connectivity index (χ0v) is 18.3. The highest BCUT2D eigenvalue weighted by Gasteiger charge is 2.61. The fourth-order valence-corrected chi connectivity index (χ4v) is 8.02. The summed E-state index contributed by atoms with van der Waals surface area (Å²) < 4.78 is 0. The van der Waals surface area contributed by atoms with Gasteiger partial charge in [-0.3, -0.25) is 4.79 Å². The molecule has 0 bridgehead atoms. The zero-order valence-electron chi connectivity index (χ0n) is 18.3. The Balaban J connectivity index is 1.34.